The number of nitrogens with one attached hydrogen (secondary N) is 1. The Morgan fingerprint density at radius 3 is 2.50 bits per heavy atom. The number of allylic oxidation sites excluding steroid dienone is 3. The molecule has 0 amide bonds. The first kappa shape index (κ1) is 8.76. The van der Waals surface area contributed by atoms with Crippen LogP contribution >= 0.6 is 0 Å². The number of rotatable bonds is 3. The summed E-state index contributed by atoms with van der Waals surface area (Å²) in [4.78, 5) is 0. The van der Waals surface area contributed by atoms with Crippen LogP contribution in [0, 0.1) is 17.2 Å². The van der Waals surface area contributed by atoms with Crippen molar-refractivity contribution in [3.63, 3.8) is 0 Å². The molecule has 1 aliphatic heterocycles. The van der Waals surface area contributed by atoms with Gasteiger partial charge in [0.05, 0.1) is 6.07 Å². The van der Waals surface area contributed by atoms with Gasteiger partial charge in [-0.05, 0) is 11.6 Å². The largest absolute Gasteiger partial charge is 0.315 e. The first-order valence-corrected chi connectivity index (χ1v) is 3.90. The molecule has 0 aromatic heterocycles. The van der Waals surface area contributed by atoms with Gasteiger partial charge in [-0.3, -0.25) is 0 Å². The summed E-state index contributed by atoms with van der Waals surface area (Å²) in [5.41, 5.74) is 1.55. The van der Waals surface area contributed by atoms with Gasteiger partial charge in [0, 0.05) is 24.6 Å². The predicted octanol–water partition coefficient (Wildman–Crippen LogP) is 1.40. The molecule has 0 aromatic rings. The second kappa shape index (κ2) is 3.89. The molecule has 0 atom stereocenters. The Hall–Kier alpha value is -1.33. The van der Waals surface area contributed by atoms with Gasteiger partial charge in [-0.25, -0.2) is 0 Å². The van der Waals surface area contributed by atoms with Gasteiger partial charge in [-0.15, -0.1) is 0 Å². The Kier molecular flexibility index (Phi) is 2.84. The summed E-state index contributed by atoms with van der Waals surface area (Å²) in [7, 11) is 0. The zero-order valence-corrected chi connectivity index (χ0v) is 7.01. The van der Waals surface area contributed by atoms with Crippen molar-refractivity contribution in [3.8, 4) is 6.07 Å². The molecular weight excluding hydrogens is 148 g/mol. The lowest BCUT2D eigenvalue weighted by atomic mass is 9.94. The average molecular weight is 160 g/mol. The topological polar surface area (TPSA) is 35.8 Å². The maximum atomic E-state index is 8.41. The fraction of sp³-hybridized carbons (Fsp3) is 0.300. The third-order valence-corrected chi connectivity index (χ3v) is 1.95. The molecule has 1 heterocycles. The molecule has 0 radical (unpaired) electrons. The van der Waals surface area contributed by atoms with Crippen LogP contribution in [0.25, 0.3) is 0 Å². The molecule has 12 heavy (non-hydrogen) atoms. The van der Waals surface area contributed by atoms with Crippen molar-refractivity contribution in [2.75, 3.05) is 13.1 Å². The Morgan fingerprint density at radius 1 is 1.42 bits per heavy atom. The van der Waals surface area contributed by atoms with Crippen LogP contribution in [0.4, 0.5) is 0 Å². The van der Waals surface area contributed by atoms with E-state index >= 15 is 0 Å². The van der Waals surface area contributed by atoms with Crippen molar-refractivity contribution in [2.45, 2.75) is 0 Å². The standard InChI is InChI=1S/C10H12N2/c1-8(5-11)3-4-9(2)10-6-12-7-10/h3-4,10,12H,1-2,6-7H2/b4-3-. The average Bonchev–Trinajstić information content (AvgIpc) is 1.97. The summed E-state index contributed by atoms with van der Waals surface area (Å²) in [6.07, 6.45) is 3.58. The van der Waals surface area contributed by atoms with Gasteiger partial charge in [-0.1, -0.05) is 19.2 Å². The lowest BCUT2D eigenvalue weighted by Gasteiger charge is -2.27. The molecule has 1 N–H and O–H groups in total. The second-order valence-electron chi connectivity index (χ2n) is 2.90. The van der Waals surface area contributed by atoms with Gasteiger partial charge in [0.1, 0.15) is 0 Å². The Balaban J connectivity index is 2.40. The summed E-state index contributed by atoms with van der Waals surface area (Å²) in [5, 5.41) is 11.6. The molecular formula is C10H12N2. The lowest BCUT2D eigenvalue weighted by Crippen LogP contribution is -2.42. The fourth-order valence-corrected chi connectivity index (χ4v) is 0.932. The molecule has 1 aliphatic rings. The van der Waals surface area contributed by atoms with E-state index in [4.69, 9.17) is 5.26 Å². The normalized spacial score (nSPS) is 16.9. The number of nitrogens with zero attached hydrogens (tertiary/aromatic N) is 1. The Bertz CT molecular complexity index is 264. The Labute approximate surface area is 72.9 Å². The van der Waals surface area contributed by atoms with E-state index in [1.165, 1.54) is 0 Å². The van der Waals surface area contributed by atoms with Gasteiger partial charge in [-0.2, -0.15) is 5.26 Å². The van der Waals surface area contributed by atoms with E-state index in [2.05, 4.69) is 18.5 Å². The second-order valence-corrected chi connectivity index (χ2v) is 2.90. The molecule has 0 bridgehead atoms. The molecule has 2 heteroatoms. The van der Waals surface area contributed by atoms with E-state index in [1.807, 2.05) is 12.1 Å². The maximum absolute atomic E-state index is 8.41. The van der Waals surface area contributed by atoms with Crippen LogP contribution in [0.5, 0.6) is 0 Å². The van der Waals surface area contributed by atoms with Crippen LogP contribution in [0.1, 0.15) is 0 Å². The quantitative estimate of drug-likeness (QED) is 0.500. The minimum atomic E-state index is 0.475. The molecule has 1 rings (SSSR count). The third-order valence-electron chi connectivity index (χ3n) is 1.95. The van der Waals surface area contributed by atoms with Crippen molar-refractivity contribution in [2.24, 2.45) is 5.92 Å². The van der Waals surface area contributed by atoms with Crippen LogP contribution in [-0.4, -0.2) is 13.1 Å². The van der Waals surface area contributed by atoms with E-state index in [9.17, 15) is 0 Å². The van der Waals surface area contributed by atoms with Crippen LogP contribution in [0.15, 0.2) is 36.5 Å². The van der Waals surface area contributed by atoms with Gasteiger partial charge in [0.15, 0.2) is 0 Å². The zero-order valence-electron chi connectivity index (χ0n) is 7.01. The molecule has 62 valence electrons. The lowest BCUT2D eigenvalue weighted by molar-refractivity contribution is 0.406. The SMILES string of the molecule is C=C(C#N)/C=C\C(=C)C1CNC1. The summed E-state index contributed by atoms with van der Waals surface area (Å²) in [6.45, 7) is 9.45. The first-order chi connectivity index (χ1) is 5.74. The summed E-state index contributed by atoms with van der Waals surface area (Å²) in [6, 6.07) is 1.96. The van der Waals surface area contributed by atoms with Gasteiger partial charge in [0.25, 0.3) is 0 Å². The molecule has 1 saturated heterocycles. The summed E-state index contributed by atoms with van der Waals surface area (Å²) < 4.78 is 0. The molecule has 0 aromatic carbocycles. The first-order valence-electron chi connectivity index (χ1n) is 3.90. The van der Waals surface area contributed by atoms with Crippen LogP contribution in [0.2, 0.25) is 0 Å². The monoisotopic (exact) mass is 160 g/mol. The Morgan fingerprint density at radius 2 is 2.08 bits per heavy atom. The van der Waals surface area contributed by atoms with Crippen molar-refractivity contribution < 1.29 is 0 Å². The highest BCUT2D eigenvalue weighted by Crippen LogP contribution is 2.14. The van der Waals surface area contributed by atoms with Crippen LogP contribution < -0.4 is 5.32 Å². The van der Waals surface area contributed by atoms with Crippen LogP contribution in [0.3, 0.4) is 0 Å². The predicted molar refractivity (Wildman–Crippen MR) is 49.4 cm³/mol. The number of nitriles is 1. The molecule has 0 unspecified atom stereocenters. The van der Waals surface area contributed by atoms with Crippen molar-refractivity contribution >= 4 is 0 Å². The maximum Gasteiger partial charge on any atom is 0.0985 e. The van der Waals surface area contributed by atoms with E-state index in [0.29, 0.717) is 11.5 Å². The number of hydrogen-bond donors (Lipinski definition) is 1. The molecule has 0 spiro atoms. The summed E-state index contributed by atoms with van der Waals surface area (Å²) in [5.74, 6) is 0.549. The minimum Gasteiger partial charge on any atom is -0.315 e. The highest BCUT2D eigenvalue weighted by Gasteiger charge is 2.17. The number of hydrogen-bond acceptors (Lipinski definition) is 2. The van der Waals surface area contributed by atoms with E-state index in [0.717, 1.165) is 18.7 Å². The van der Waals surface area contributed by atoms with E-state index < -0.39 is 0 Å². The third kappa shape index (κ3) is 2.08. The molecule has 2 nitrogen and oxygen atoms in total. The van der Waals surface area contributed by atoms with Gasteiger partial charge < -0.3 is 5.32 Å². The highest BCUT2D eigenvalue weighted by molar-refractivity contribution is 5.34. The van der Waals surface area contributed by atoms with Crippen LogP contribution in [-0.2, 0) is 0 Å². The zero-order chi connectivity index (χ0) is 8.97. The highest BCUT2D eigenvalue weighted by atomic mass is 14.9. The van der Waals surface area contributed by atoms with Gasteiger partial charge >= 0.3 is 0 Å². The van der Waals surface area contributed by atoms with E-state index in [-0.39, 0.29) is 0 Å². The minimum absolute atomic E-state index is 0.475. The van der Waals surface area contributed by atoms with Gasteiger partial charge in [0.2, 0.25) is 0 Å². The molecule has 0 saturated carbocycles. The fourth-order valence-electron chi connectivity index (χ4n) is 0.932. The van der Waals surface area contributed by atoms with Crippen molar-refractivity contribution in [1.82, 2.24) is 5.32 Å². The van der Waals surface area contributed by atoms with E-state index in [1.54, 1.807) is 6.08 Å². The summed E-state index contributed by atoms with van der Waals surface area (Å²) >= 11 is 0. The smallest absolute Gasteiger partial charge is 0.0985 e. The van der Waals surface area contributed by atoms with Crippen molar-refractivity contribution in [1.29, 1.82) is 5.26 Å². The van der Waals surface area contributed by atoms with Crippen molar-refractivity contribution in [3.05, 3.63) is 36.5 Å². The molecule has 1 fully saturated rings. The molecule has 0 aliphatic carbocycles.